The molecule has 94 valence electrons. The van der Waals surface area contributed by atoms with E-state index in [-0.39, 0.29) is 3.57 Å². The molecular weight excluding hydrogens is 361 g/mol. The first-order valence-corrected chi connectivity index (χ1v) is 5.02. The highest BCUT2D eigenvalue weighted by atomic mass is 127. The molecule has 0 unspecified atom stereocenters. The Hall–Kier alpha value is -1.26. The van der Waals surface area contributed by atoms with Crippen molar-refractivity contribution in [3.8, 4) is 5.75 Å². The Bertz CT molecular complexity index is 449. The van der Waals surface area contributed by atoms with Crippen molar-refractivity contribution in [2.75, 3.05) is 5.32 Å². The van der Waals surface area contributed by atoms with E-state index in [1.807, 2.05) is 0 Å². The van der Waals surface area contributed by atoms with Crippen LogP contribution in [0.2, 0.25) is 0 Å². The van der Waals surface area contributed by atoms with Crippen LogP contribution in [-0.4, -0.2) is 17.6 Å². The summed E-state index contributed by atoms with van der Waals surface area (Å²) in [7, 11) is 0. The van der Waals surface area contributed by atoms with Crippen molar-refractivity contribution in [1.29, 1.82) is 0 Å². The van der Waals surface area contributed by atoms with Crippen LogP contribution >= 0.6 is 22.6 Å². The first kappa shape index (κ1) is 13.8. The normalized spacial score (nSPS) is 11.1. The van der Waals surface area contributed by atoms with Crippen LogP contribution in [0.1, 0.15) is 0 Å². The predicted octanol–water partition coefficient (Wildman–Crippen LogP) is 3.42. The minimum Gasteiger partial charge on any atom is -0.465 e. The Kier molecular flexibility index (Phi) is 4.01. The average Bonchev–Trinajstić information content (AvgIpc) is 2.15. The lowest BCUT2D eigenvalue weighted by Crippen LogP contribution is -2.19. The summed E-state index contributed by atoms with van der Waals surface area (Å²) in [6.45, 7) is 0. The van der Waals surface area contributed by atoms with Gasteiger partial charge in [-0.1, -0.05) is 0 Å². The molecule has 0 radical (unpaired) electrons. The zero-order chi connectivity index (χ0) is 13.2. The van der Waals surface area contributed by atoms with E-state index in [0.29, 0.717) is 6.07 Å². The highest BCUT2D eigenvalue weighted by molar-refractivity contribution is 14.1. The maximum absolute atomic E-state index is 13.2. The Morgan fingerprint density at radius 2 is 2.00 bits per heavy atom. The summed E-state index contributed by atoms with van der Waals surface area (Å²) >= 11 is 1.35. The fraction of sp³-hybridized carbons (Fsp3) is 0.125. The Morgan fingerprint density at radius 1 is 1.41 bits per heavy atom. The molecule has 0 spiro atoms. The van der Waals surface area contributed by atoms with Gasteiger partial charge in [0.25, 0.3) is 0 Å². The predicted molar refractivity (Wildman–Crippen MR) is 57.4 cm³/mol. The lowest BCUT2D eigenvalue weighted by Gasteiger charge is -2.13. The third-order valence-corrected chi connectivity index (χ3v) is 2.58. The molecule has 0 bridgehead atoms. The van der Waals surface area contributed by atoms with Crippen LogP contribution in [0.15, 0.2) is 12.1 Å². The number of anilines is 1. The Labute approximate surface area is 106 Å². The van der Waals surface area contributed by atoms with E-state index in [4.69, 9.17) is 5.11 Å². The van der Waals surface area contributed by atoms with E-state index in [2.05, 4.69) is 4.74 Å². The molecule has 17 heavy (non-hydrogen) atoms. The topological polar surface area (TPSA) is 58.6 Å². The Balaban J connectivity index is 3.14. The number of carbonyl (C=O) groups is 1. The quantitative estimate of drug-likeness (QED) is 0.624. The summed E-state index contributed by atoms with van der Waals surface area (Å²) in [6, 6.07) is 1.44. The molecule has 1 aromatic rings. The molecule has 0 heterocycles. The fourth-order valence-corrected chi connectivity index (χ4v) is 1.64. The highest BCUT2D eigenvalue weighted by Crippen LogP contribution is 2.34. The van der Waals surface area contributed by atoms with Gasteiger partial charge in [-0.25, -0.2) is 9.18 Å². The van der Waals surface area contributed by atoms with E-state index >= 15 is 0 Å². The molecule has 1 rings (SSSR count). The molecule has 0 aromatic heterocycles. The summed E-state index contributed by atoms with van der Waals surface area (Å²) in [4.78, 5) is 10.3. The van der Waals surface area contributed by atoms with Crippen molar-refractivity contribution in [1.82, 2.24) is 0 Å². The second kappa shape index (κ2) is 4.94. The van der Waals surface area contributed by atoms with Crippen molar-refractivity contribution in [3.63, 3.8) is 0 Å². The van der Waals surface area contributed by atoms with Gasteiger partial charge in [0.15, 0.2) is 0 Å². The molecular formula is C8H4F4INO3. The number of hydrogen-bond acceptors (Lipinski definition) is 2. The molecule has 1 aromatic carbocycles. The van der Waals surface area contributed by atoms with Gasteiger partial charge in [0.1, 0.15) is 11.6 Å². The third-order valence-electron chi connectivity index (χ3n) is 1.51. The summed E-state index contributed by atoms with van der Waals surface area (Å²) in [6.07, 6.45) is -6.52. The first-order chi connectivity index (χ1) is 7.70. The van der Waals surface area contributed by atoms with E-state index in [1.165, 1.54) is 22.6 Å². The van der Waals surface area contributed by atoms with Gasteiger partial charge in [-0.05, 0) is 34.7 Å². The molecule has 0 atom stereocenters. The molecule has 0 aliphatic heterocycles. The zero-order valence-corrected chi connectivity index (χ0v) is 9.97. The molecule has 1 amide bonds. The molecule has 9 heteroatoms. The number of hydrogen-bond donors (Lipinski definition) is 2. The van der Waals surface area contributed by atoms with Crippen molar-refractivity contribution in [2.45, 2.75) is 6.36 Å². The highest BCUT2D eigenvalue weighted by Gasteiger charge is 2.32. The number of nitrogens with one attached hydrogen (secondary N) is 1. The van der Waals surface area contributed by atoms with Crippen LogP contribution in [0, 0.1) is 9.39 Å². The minimum atomic E-state index is -4.93. The van der Waals surface area contributed by atoms with Crippen LogP contribution < -0.4 is 10.1 Å². The monoisotopic (exact) mass is 365 g/mol. The molecule has 0 aliphatic carbocycles. The van der Waals surface area contributed by atoms with Gasteiger partial charge >= 0.3 is 12.5 Å². The lowest BCUT2D eigenvalue weighted by atomic mass is 10.3. The summed E-state index contributed by atoms with van der Waals surface area (Å²) in [5.41, 5.74) is -0.583. The number of carboxylic acid groups (broad SMARTS) is 1. The van der Waals surface area contributed by atoms with E-state index in [0.717, 1.165) is 6.07 Å². The second-order valence-corrected chi connectivity index (χ2v) is 3.79. The lowest BCUT2D eigenvalue weighted by molar-refractivity contribution is -0.274. The zero-order valence-electron chi connectivity index (χ0n) is 7.81. The first-order valence-electron chi connectivity index (χ1n) is 3.94. The summed E-state index contributed by atoms with van der Waals surface area (Å²) in [5.74, 6) is -1.67. The molecule has 0 fully saturated rings. The van der Waals surface area contributed by atoms with Crippen LogP contribution in [0.25, 0.3) is 0 Å². The number of halogens is 5. The standard InChI is InChI=1S/C8H4F4INO3/c9-3-1-2-4(17-8(10,11)12)5(13)6(3)14-7(15)16/h1-2,14H,(H,15,16). The van der Waals surface area contributed by atoms with Crippen LogP contribution in [-0.2, 0) is 0 Å². The summed E-state index contributed by atoms with van der Waals surface area (Å²) < 4.78 is 52.3. The molecule has 4 nitrogen and oxygen atoms in total. The third kappa shape index (κ3) is 3.91. The maximum atomic E-state index is 13.2. The number of benzene rings is 1. The SMILES string of the molecule is O=C(O)Nc1c(F)ccc(OC(F)(F)F)c1I. The maximum Gasteiger partial charge on any atom is 0.573 e. The van der Waals surface area contributed by atoms with Crippen molar-refractivity contribution in [3.05, 3.63) is 21.5 Å². The number of rotatable bonds is 2. The van der Waals surface area contributed by atoms with Crippen LogP contribution in [0.4, 0.5) is 28.0 Å². The second-order valence-electron chi connectivity index (χ2n) is 2.71. The van der Waals surface area contributed by atoms with Crippen molar-refractivity contribution < 1.29 is 32.2 Å². The van der Waals surface area contributed by atoms with Gasteiger partial charge in [0, 0.05) is 0 Å². The fourth-order valence-electron chi connectivity index (χ4n) is 0.958. The largest absolute Gasteiger partial charge is 0.573 e. The van der Waals surface area contributed by atoms with E-state index < -0.39 is 29.7 Å². The molecule has 0 saturated carbocycles. The van der Waals surface area contributed by atoms with Gasteiger partial charge in [0.05, 0.1) is 9.26 Å². The average molecular weight is 365 g/mol. The van der Waals surface area contributed by atoms with Gasteiger partial charge in [-0.15, -0.1) is 13.2 Å². The van der Waals surface area contributed by atoms with Gasteiger partial charge in [-0.2, -0.15) is 0 Å². The number of ether oxygens (including phenoxy) is 1. The van der Waals surface area contributed by atoms with Gasteiger partial charge in [0.2, 0.25) is 0 Å². The van der Waals surface area contributed by atoms with Gasteiger partial charge < -0.3 is 9.84 Å². The smallest absolute Gasteiger partial charge is 0.465 e. The Morgan fingerprint density at radius 3 is 2.47 bits per heavy atom. The van der Waals surface area contributed by atoms with Crippen LogP contribution in [0.5, 0.6) is 5.75 Å². The van der Waals surface area contributed by atoms with Crippen LogP contribution in [0.3, 0.4) is 0 Å². The molecule has 0 saturated heterocycles. The van der Waals surface area contributed by atoms with E-state index in [1.54, 1.807) is 5.32 Å². The van der Waals surface area contributed by atoms with Crippen molar-refractivity contribution >= 4 is 34.4 Å². The number of amides is 1. The minimum absolute atomic E-state index is 0.317. The molecule has 0 aliphatic rings. The summed E-state index contributed by atoms with van der Waals surface area (Å²) in [5, 5.41) is 10.0. The van der Waals surface area contributed by atoms with Crippen molar-refractivity contribution in [2.24, 2.45) is 0 Å². The number of alkyl halides is 3. The molecule has 2 N–H and O–H groups in total. The van der Waals surface area contributed by atoms with Gasteiger partial charge in [-0.3, -0.25) is 5.32 Å². The van der Waals surface area contributed by atoms with E-state index in [9.17, 15) is 22.4 Å².